The van der Waals surface area contributed by atoms with E-state index in [9.17, 15) is 4.79 Å². The van der Waals surface area contributed by atoms with Gasteiger partial charge in [0.25, 0.3) is 0 Å². The van der Waals surface area contributed by atoms with E-state index in [1.54, 1.807) is 6.20 Å². The molecular weight excluding hydrogens is 162 g/mol. The van der Waals surface area contributed by atoms with Crippen LogP contribution in [0.3, 0.4) is 0 Å². The highest BCUT2D eigenvalue weighted by Gasteiger charge is 1.96. The van der Waals surface area contributed by atoms with Crippen LogP contribution in [0.2, 0.25) is 0 Å². The number of thioether (sulfide) groups is 1. The molecule has 0 saturated carbocycles. The maximum atomic E-state index is 11.0. The first kappa shape index (κ1) is 8.26. The van der Waals surface area contributed by atoms with E-state index in [1.165, 1.54) is 16.4 Å². The summed E-state index contributed by atoms with van der Waals surface area (Å²) in [5.74, 6) is 0. The van der Waals surface area contributed by atoms with Crippen molar-refractivity contribution in [2.24, 2.45) is 0 Å². The largest absolute Gasteiger partial charge is 0.365 e. The normalized spacial score (nSPS) is 10.0. The molecule has 0 unspecified atom stereocenters. The summed E-state index contributed by atoms with van der Waals surface area (Å²) in [6.07, 6.45) is 3.45. The highest BCUT2D eigenvalue weighted by atomic mass is 32.2. The van der Waals surface area contributed by atoms with Gasteiger partial charge in [-0.25, -0.2) is 9.48 Å². The van der Waals surface area contributed by atoms with Crippen molar-refractivity contribution in [3.05, 3.63) is 16.7 Å². The fourth-order valence-corrected chi connectivity index (χ4v) is 0.987. The molecule has 5 heteroatoms. The average Bonchev–Trinajstić information content (AvgIpc) is 2.04. The number of aromatic nitrogens is 3. The van der Waals surface area contributed by atoms with E-state index in [4.69, 9.17) is 0 Å². The smallest absolute Gasteiger partial charge is 0.244 e. The summed E-state index contributed by atoms with van der Waals surface area (Å²) in [7, 11) is 0. The summed E-state index contributed by atoms with van der Waals surface area (Å²) in [5.41, 5.74) is -0.278. The van der Waals surface area contributed by atoms with Crippen molar-refractivity contribution in [3.8, 4) is 0 Å². The van der Waals surface area contributed by atoms with Crippen molar-refractivity contribution in [3.63, 3.8) is 0 Å². The second-order valence-electron chi connectivity index (χ2n) is 1.90. The fourth-order valence-electron chi connectivity index (χ4n) is 0.665. The van der Waals surface area contributed by atoms with Crippen LogP contribution in [0.15, 0.2) is 16.0 Å². The summed E-state index contributed by atoms with van der Waals surface area (Å²) in [6, 6.07) is 0. The van der Waals surface area contributed by atoms with Crippen molar-refractivity contribution in [1.82, 2.24) is 14.8 Å². The van der Waals surface area contributed by atoms with E-state index >= 15 is 0 Å². The van der Waals surface area contributed by atoms with Crippen LogP contribution in [0.25, 0.3) is 0 Å². The Labute approximate surface area is 68.6 Å². The molecule has 0 aliphatic rings. The summed E-state index contributed by atoms with van der Waals surface area (Å²) in [6.45, 7) is 2.43. The van der Waals surface area contributed by atoms with Gasteiger partial charge in [0.05, 0.1) is 6.20 Å². The second kappa shape index (κ2) is 3.52. The first-order valence-corrected chi connectivity index (χ1v) is 4.48. The topological polar surface area (TPSA) is 47.8 Å². The molecule has 0 N–H and O–H groups in total. The van der Waals surface area contributed by atoms with E-state index in [0.29, 0.717) is 11.6 Å². The summed E-state index contributed by atoms with van der Waals surface area (Å²) in [4.78, 5) is 14.8. The number of hydrogen-bond donors (Lipinski definition) is 0. The van der Waals surface area contributed by atoms with Gasteiger partial charge in [0, 0.05) is 6.54 Å². The molecule has 0 spiro atoms. The van der Waals surface area contributed by atoms with Crippen LogP contribution in [0, 0.1) is 0 Å². The van der Waals surface area contributed by atoms with Crippen LogP contribution >= 0.6 is 11.8 Å². The summed E-state index contributed by atoms with van der Waals surface area (Å²) < 4.78 is 1.32. The van der Waals surface area contributed by atoms with E-state index < -0.39 is 0 Å². The first-order valence-electron chi connectivity index (χ1n) is 3.26. The van der Waals surface area contributed by atoms with E-state index in [0.717, 1.165) is 0 Å². The molecule has 11 heavy (non-hydrogen) atoms. The van der Waals surface area contributed by atoms with E-state index in [1.807, 2.05) is 13.2 Å². The number of nitrogens with zero attached hydrogens (tertiary/aromatic N) is 3. The molecule has 0 aromatic carbocycles. The molecule has 0 amide bonds. The van der Waals surface area contributed by atoms with Crippen molar-refractivity contribution >= 4 is 11.8 Å². The zero-order valence-electron chi connectivity index (χ0n) is 6.44. The molecule has 0 aliphatic heterocycles. The van der Waals surface area contributed by atoms with Gasteiger partial charge in [-0.2, -0.15) is 10.1 Å². The second-order valence-corrected chi connectivity index (χ2v) is 2.72. The Bertz CT molecular complexity index is 296. The van der Waals surface area contributed by atoms with Gasteiger partial charge in [0.15, 0.2) is 0 Å². The van der Waals surface area contributed by atoms with Crippen LogP contribution in [0.4, 0.5) is 0 Å². The van der Waals surface area contributed by atoms with E-state index in [-0.39, 0.29) is 5.69 Å². The van der Waals surface area contributed by atoms with Gasteiger partial charge in [-0.3, -0.25) is 0 Å². The Morgan fingerprint density at radius 3 is 2.91 bits per heavy atom. The van der Waals surface area contributed by atoms with Gasteiger partial charge in [0.2, 0.25) is 0 Å². The number of rotatable bonds is 2. The molecule has 1 aromatic rings. The van der Waals surface area contributed by atoms with Crippen molar-refractivity contribution in [2.75, 3.05) is 6.26 Å². The SMILES string of the molecule is CCn1ncc(SC)nc1=O. The van der Waals surface area contributed by atoms with Crippen LogP contribution in [-0.4, -0.2) is 21.0 Å². The average molecular weight is 171 g/mol. The molecule has 0 atom stereocenters. The maximum Gasteiger partial charge on any atom is 0.365 e. The minimum Gasteiger partial charge on any atom is -0.244 e. The van der Waals surface area contributed by atoms with Gasteiger partial charge in [-0.05, 0) is 13.2 Å². The predicted molar refractivity (Wildman–Crippen MR) is 43.7 cm³/mol. The third-order valence-electron chi connectivity index (χ3n) is 1.24. The standard InChI is InChI=1S/C6H9N3OS/c1-3-9-6(10)8-5(11-2)4-7-9/h4H,3H2,1-2H3. The molecule has 0 bridgehead atoms. The molecular formula is C6H9N3OS. The number of aryl methyl sites for hydroxylation is 1. The molecule has 1 rings (SSSR count). The molecule has 0 aliphatic carbocycles. The predicted octanol–water partition coefficient (Wildman–Crippen LogP) is 0.380. The lowest BCUT2D eigenvalue weighted by Gasteiger charge is -1.98. The highest BCUT2D eigenvalue weighted by Crippen LogP contribution is 2.04. The van der Waals surface area contributed by atoms with Crippen LogP contribution in [-0.2, 0) is 6.54 Å². The summed E-state index contributed by atoms with van der Waals surface area (Å²) >= 11 is 1.42. The molecule has 0 saturated heterocycles. The summed E-state index contributed by atoms with van der Waals surface area (Å²) in [5, 5.41) is 4.55. The molecule has 1 aromatic heterocycles. The van der Waals surface area contributed by atoms with Gasteiger partial charge in [0.1, 0.15) is 5.03 Å². The molecule has 0 fully saturated rings. The Morgan fingerprint density at radius 1 is 1.73 bits per heavy atom. The molecule has 4 nitrogen and oxygen atoms in total. The highest BCUT2D eigenvalue weighted by molar-refractivity contribution is 7.98. The van der Waals surface area contributed by atoms with Gasteiger partial charge < -0.3 is 0 Å². The Kier molecular flexibility index (Phi) is 2.64. The Balaban J connectivity index is 3.10. The van der Waals surface area contributed by atoms with Crippen molar-refractivity contribution in [1.29, 1.82) is 0 Å². The van der Waals surface area contributed by atoms with Crippen LogP contribution < -0.4 is 5.69 Å². The number of hydrogen-bond acceptors (Lipinski definition) is 4. The third kappa shape index (κ3) is 1.80. The maximum absolute atomic E-state index is 11.0. The Hall–Kier alpha value is -0.840. The monoisotopic (exact) mass is 171 g/mol. The third-order valence-corrected chi connectivity index (χ3v) is 1.86. The van der Waals surface area contributed by atoms with Gasteiger partial charge in [-0.15, -0.1) is 11.8 Å². The van der Waals surface area contributed by atoms with Crippen molar-refractivity contribution in [2.45, 2.75) is 18.5 Å². The molecule has 1 heterocycles. The molecule has 0 radical (unpaired) electrons. The minimum atomic E-state index is -0.278. The van der Waals surface area contributed by atoms with Crippen LogP contribution in [0.5, 0.6) is 0 Å². The lowest BCUT2D eigenvalue weighted by molar-refractivity contribution is 0.578. The fraction of sp³-hybridized carbons (Fsp3) is 0.500. The zero-order valence-corrected chi connectivity index (χ0v) is 7.26. The zero-order chi connectivity index (χ0) is 8.27. The molecule has 60 valence electrons. The van der Waals surface area contributed by atoms with Gasteiger partial charge >= 0.3 is 5.69 Å². The quantitative estimate of drug-likeness (QED) is 0.603. The van der Waals surface area contributed by atoms with Crippen LogP contribution in [0.1, 0.15) is 6.92 Å². The Morgan fingerprint density at radius 2 is 2.45 bits per heavy atom. The lowest BCUT2D eigenvalue weighted by Crippen LogP contribution is -2.24. The van der Waals surface area contributed by atoms with Gasteiger partial charge in [-0.1, -0.05) is 0 Å². The lowest BCUT2D eigenvalue weighted by atomic mass is 10.7. The minimum absolute atomic E-state index is 0.278. The van der Waals surface area contributed by atoms with E-state index in [2.05, 4.69) is 10.1 Å². The van der Waals surface area contributed by atoms with Crippen molar-refractivity contribution < 1.29 is 0 Å². The first-order chi connectivity index (χ1) is 5.27.